The standard InChI is InChI=1S/C19H16N2O4/c1-23-16-10-8-14(12-17(16)24-2)15-9-11-18(21-20-15)25-19(22)13-6-4-3-5-7-13/h3-12H,1-2H3. The number of ether oxygens (including phenoxy) is 3. The zero-order valence-corrected chi connectivity index (χ0v) is 13.8. The van der Waals surface area contributed by atoms with Crippen LogP contribution in [0.15, 0.2) is 60.7 Å². The van der Waals surface area contributed by atoms with Gasteiger partial charge < -0.3 is 14.2 Å². The van der Waals surface area contributed by atoms with Gasteiger partial charge in [0.2, 0.25) is 5.88 Å². The van der Waals surface area contributed by atoms with E-state index in [9.17, 15) is 4.79 Å². The monoisotopic (exact) mass is 336 g/mol. The van der Waals surface area contributed by atoms with Crippen LogP contribution in [0, 0.1) is 0 Å². The van der Waals surface area contributed by atoms with Crippen molar-refractivity contribution < 1.29 is 19.0 Å². The summed E-state index contributed by atoms with van der Waals surface area (Å²) in [6.45, 7) is 0. The van der Waals surface area contributed by atoms with Crippen molar-refractivity contribution in [2.45, 2.75) is 0 Å². The molecule has 1 aromatic heterocycles. The molecular weight excluding hydrogens is 320 g/mol. The molecule has 25 heavy (non-hydrogen) atoms. The van der Waals surface area contributed by atoms with Gasteiger partial charge in [0.1, 0.15) is 0 Å². The zero-order valence-electron chi connectivity index (χ0n) is 13.8. The molecular formula is C19H16N2O4. The smallest absolute Gasteiger partial charge is 0.344 e. The molecule has 1 heterocycles. The topological polar surface area (TPSA) is 70.5 Å². The van der Waals surface area contributed by atoms with Gasteiger partial charge in [-0.3, -0.25) is 0 Å². The zero-order chi connectivity index (χ0) is 17.6. The van der Waals surface area contributed by atoms with Gasteiger partial charge in [0, 0.05) is 11.6 Å². The Bertz CT molecular complexity index is 864. The first kappa shape index (κ1) is 16.4. The van der Waals surface area contributed by atoms with E-state index >= 15 is 0 Å². The van der Waals surface area contributed by atoms with Gasteiger partial charge >= 0.3 is 5.97 Å². The van der Waals surface area contributed by atoms with Crippen molar-refractivity contribution in [3.63, 3.8) is 0 Å². The van der Waals surface area contributed by atoms with E-state index in [0.29, 0.717) is 22.8 Å². The van der Waals surface area contributed by atoms with Gasteiger partial charge in [-0.1, -0.05) is 18.2 Å². The quantitative estimate of drug-likeness (QED) is 0.665. The maximum Gasteiger partial charge on any atom is 0.344 e. The molecule has 3 rings (SSSR count). The average molecular weight is 336 g/mol. The minimum atomic E-state index is -0.478. The fourth-order valence-electron chi connectivity index (χ4n) is 2.25. The number of carbonyl (C=O) groups excluding carboxylic acids is 1. The minimum Gasteiger partial charge on any atom is -0.493 e. The van der Waals surface area contributed by atoms with Crippen LogP contribution in [0.1, 0.15) is 10.4 Å². The Morgan fingerprint density at radius 2 is 1.60 bits per heavy atom. The maximum atomic E-state index is 12.0. The van der Waals surface area contributed by atoms with Crippen LogP contribution < -0.4 is 14.2 Å². The lowest BCUT2D eigenvalue weighted by Gasteiger charge is -2.09. The fourth-order valence-corrected chi connectivity index (χ4v) is 2.25. The summed E-state index contributed by atoms with van der Waals surface area (Å²) in [6.07, 6.45) is 0. The molecule has 0 aliphatic rings. The predicted octanol–water partition coefficient (Wildman–Crippen LogP) is 3.38. The van der Waals surface area contributed by atoms with E-state index in [4.69, 9.17) is 14.2 Å². The van der Waals surface area contributed by atoms with Crippen LogP contribution in [0.25, 0.3) is 11.3 Å². The van der Waals surface area contributed by atoms with Crippen molar-refractivity contribution >= 4 is 5.97 Å². The van der Waals surface area contributed by atoms with Crippen molar-refractivity contribution in [1.82, 2.24) is 10.2 Å². The molecule has 0 saturated carbocycles. The largest absolute Gasteiger partial charge is 0.493 e. The number of methoxy groups -OCH3 is 2. The third-order valence-corrected chi connectivity index (χ3v) is 3.53. The first-order chi connectivity index (χ1) is 12.2. The number of benzene rings is 2. The SMILES string of the molecule is COc1ccc(-c2ccc(OC(=O)c3ccccc3)nn2)cc1OC. The molecule has 0 aliphatic heterocycles. The summed E-state index contributed by atoms with van der Waals surface area (Å²) >= 11 is 0. The molecule has 0 saturated heterocycles. The lowest BCUT2D eigenvalue weighted by Crippen LogP contribution is -2.09. The van der Waals surface area contributed by atoms with Crippen molar-refractivity contribution in [2.24, 2.45) is 0 Å². The molecule has 0 radical (unpaired) electrons. The summed E-state index contributed by atoms with van der Waals surface area (Å²) in [5.74, 6) is 0.890. The van der Waals surface area contributed by atoms with Crippen molar-refractivity contribution in [3.05, 3.63) is 66.2 Å². The highest BCUT2D eigenvalue weighted by Crippen LogP contribution is 2.31. The van der Waals surface area contributed by atoms with E-state index in [2.05, 4.69) is 10.2 Å². The van der Waals surface area contributed by atoms with Gasteiger partial charge in [-0.25, -0.2) is 4.79 Å². The van der Waals surface area contributed by atoms with Crippen molar-refractivity contribution in [1.29, 1.82) is 0 Å². The van der Waals surface area contributed by atoms with E-state index in [-0.39, 0.29) is 5.88 Å². The molecule has 0 atom stereocenters. The summed E-state index contributed by atoms with van der Waals surface area (Å²) < 4.78 is 15.7. The van der Waals surface area contributed by atoms with Gasteiger partial charge in [0.25, 0.3) is 0 Å². The average Bonchev–Trinajstić information content (AvgIpc) is 2.68. The summed E-state index contributed by atoms with van der Waals surface area (Å²) in [5, 5.41) is 8.06. The number of nitrogens with zero attached hydrogens (tertiary/aromatic N) is 2. The van der Waals surface area contributed by atoms with E-state index < -0.39 is 5.97 Å². The van der Waals surface area contributed by atoms with Crippen molar-refractivity contribution in [2.75, 3.05) is 14.2 Å². The molecule has 0 N–H and O–H groups in total. The second kappa shape index (κ2) is 7.44. The van der Waals surface area contributed by atoms with Gasteiger partial charge in [0.15, 0.2) is 11.5 Å². The molecule has 0 unspecified atom stereocenters. The summed E-state index contributed by atoms with van der Waals surface area (Å²) in [7, 11) is 3.15. The summed E-state index contributed by atoms with van der Waals surface area (Å²) in [6, 6.07) is 17.5. The van der Waals surface area contributed by atoms with Gasteiger partial charge in [-0.2, -0.15) is 0 Å². The molecule has 0 fully saturated rings. The molecule has 0 bridgehead atoms. The van der Waals surface area contributed by atoms with E-state index in [1.54, 1.807) is 62.8 Å². The molecule has 3 aromatic rings. The Morgan fingerprint density at radius 1 is 0.840 bits per heavy atom. The maximum absolute atomic E-state index is 12.0. The van der Waals surface area contributed by atoms with E-state index in [0.717, 1.165) is 5.56 Å². The Hall–Kier alpha value is -3.41. The number of carbonyl (C=O) groups is 1. The van der Waals surface area contributed by atoms with Crippen LogP contribution in [0.3, 0.4) is 0 Å². The first-order valence-electron chi connectivity index (χ1n) is 7.54. The number of esters is 1. The van der Waals surface area contributed by atoms with Crippen LogP contribution in [0.2, 0.25) is 0 Å². The summed E-state index contributed by atoms with van der Waals surface area (Å²) in [4.78, 5) is 12.0. The third kappa shape index (κ3) is 3.74. The number of aromatic nitrogens is 2. The third-order valence-electron chi connectivity index (χ3n) is 3.53. The molecule has 0 aliphatic carbocycles. The van der Waals surface area contributed by atoms with Crippen LogP contribution in [-0.4, -0.2) is 30.4 Å². The van der Waals surface area contributed by atoms with E-state index in [1.807, 2.05) is 12.1 Å². The fraction of sp³-hybridized carbons (Fsp3) is 0.105. The highest BCUT2D eigenvalue weighted by atomic mass is 16.5. The highest BCUT2D eigenvalue weighted by Gasteiger charge is 2.11. The molecule has 2 aromatic carbocycles. The lowest BCUT2D eigenvalue weighted by molar-refractivity contribution is 0.0726. The molecule has 0 amide bonds. The van der Waals surface area contributed by atoms with E-state index in [1.165, 1.54) is 0 Å². The van der Waals surface area contributed by atoms with Gasteiger partial charge in [0.05, 0.1) is 25.5 Å². The summed E-state index contributed by atoms with van der Waals surface area (Å²) in [5.41, 5.74) is 1.89. The van der Waals surface area contributed by atoms with Crippen LogP contribution in [0.5, 0.6) is 17.4 Å². The highest BCUT2D eigenvalue weighted by molar-refractivity contribution is 5.90. The Balaban J connectivity index is 1.77. The van der Waals surface area contributed by atoms with Gasteiger partial charge in [-0.05, 0) is 36.4 Å². The minimum absolute atomic E-state index is 0.137. The van der Waals surface area contributed by atoms with Crippen molar-refractivity contribution in [3.8, 4) is 28.6 Å². The van der Waals surface area contributed by atoms with Crippen LogP contribution in [-0.2, 0) is 0 Å². The Kier molecular flexibility index (Phi) is 4.89. The second-order valence-corrected chi connectivity index (χ2v) is 5.08. The number of hydrogen-bond acceptors (Lipinski definition) is 6. The Morgan fingerprint density at radius 3 is 2.24 bits per heavy atom. The first-order valence-corrected chi connectivity index (χ1v) is 7.54. The van der Waals surface area contributed by atoms with Gasteiger partial charge in [-0.15, -0.1) is 10.2 Å². The normalized spacial score (nSPS) is 10.2. The predicted molar refractivity (Wildman–Crippen MR) is 92.0 cm³/mol. The van der Waals surface area contributed by atoms with Crippen LogP contribution in [0.4, 0.5) is 0 Å². The molecule has 126 valence electrons. The number of hydrogen-bond donors (Lipinski definition) is 0. The number of rotatable bonds is 5. The van der Waals surface area contributed by atoms with Crippen LogP contribution >= 0.6 is 0 Å². The molecule has 6 nitrogen and oxygen atoms in total. The second-order valence-electron chi connectivity index (χ2n) is 5.08. The molecule has 0 spiro atoms. The Labute approximate surface area is 145 Å². The molecule has 6 heteroatoms. The lowest BCUT2D eigenvalue weighted by atomic mass is 10.1.